The van der Waals surface area contributed by atoms with Gasteiger partial charge in [0, 0.05) is 18.1 Å². The maximum Gasteiger partial charge on any atom is 0.419 e. The van der Waals surface area contributed by atoms with Gasteiger partial charge in [0.05, 0.1) is 17.8 Å². The van der Waals surface area contributed by atoms with E-state index in [1.807, 2.05) is 30.3 Å². The third-order valence-corrected chi connectivity index (χ3v) is 5.74. The van der Waals surface area contributed by atoms with Gasteiger partial charge in [0.15, 0.2) is 0 Å². The Labute approximate surface area is 221 Å². The standard InChI is InChI=1S/C30H31FN2O5/c1-30(2,3)38-29(35)33-25(16-22-10-11-23(31)17-27(22)33)19-37-26-14-12-24(13-15-26)32(4)28(34)20-36-18-21-8-6-5-7-9-21/h5-17H,18-20H2,1-4H3. The van der Waals surface area contributed by atoms with Crippen LogP contribution in [0.4, 0.5) is 14.9 Å². The van der Waals surface area contributed by atoms with E-state index in [9.17, 15) is 14.0 Å². The molecule has 7 nitrogen and oxygen atoms in total. The highest BCUT2D eigenvalue weighted by Gasteiger charge is 2.23. The van der Waals surface area contributed by atoms with Crippen LogP contribution in [-0.2, 0) is 27.5 Å². The van der Waals surface area contributed by atoms with E-state index in [1.54, 1.807) is 64.2 Å². The van der Waals surface area contributed by atoms with Gasteiger partial charge < -0.3 is 19.1 Å². The highest BCUT2D eigenvalue weighted by molar-refractivity contribution is 5.94. The Bertz CT molecular complexity index is 1410. The first kappa shape index (κ1) is 26.9. The second-order valence-corrected chi connectivity index (χ2v) is 9.87. The van der Waals surface area contributed by atoms with Crippen LogP contribution in [0, 0.1) is 5.82 Å². The number of benzene rings is 3. The quantitative estimate of drug-likeness (QED) is 0.273. The summed E-state index contributed by atoms with van der Waals surface area (Å²) in [5.41, 5.74) is 1.89. The molecule has 0 radical (unpaired) electrons. The van der Waals surface area contributed by atoms with E-state index in [4.69, 9.17) is 14.2 Å². The number of hydrogen-bond donors (Lipinski definition) is 0. The summed E-state index contributed by atoms with van der Waals surface area (Å²) in [4.78, 5) is 27.0. The Kier molecular flexibility index (Phi) is 8.12. The molecule has 4 rings (SSSR count). The van der Waals surface area contributed by atoms with E-state index < -0.39 is 17.5 Å². The van der Waals surface area contributed by atoms with Gasteiger partial charge in [0.25, 0.3) is 5.91 Å². The Hall–Kier alpha value is -4.17. The van der Waals surface area contributed by atoms with Gasteiger partial charge in [-0.05, 0) is 74.9 Å². The predicted molar refractivity (Wildman–Crippen MR) is 144 cm³/mol. The Morgan fingerprint density at radius 1 is 0.921 bits per heavy atom. The van der Waals surface area contributed by atoms with Crippen molar-refractivity contribution in [2.45, 2.75) is 39.6 Å². The van der Waals surface area contributed by atoms with Crippen LogP contribution in [0.2, 0.25) is 0 Å². The molecule has 0 aliphatic heterocycles. The van der Waals surface area contributed by atoms with Crippen LogP contribution in [0.25, 0.3) is 10.9 Å². The van der Waals surface area contributed by atoms with Gasteiger partial charge in [0.1, 0.15) is 30.4 Å². The Morgan fingerprint density at radius 3 is 2.32 bits per heavy atom. The first-order valence-corrected chi connectivity index (χ1v) is 12.2. The van der Waals surface area contributed by atoms with Crippen molar-refractivity contribution in [3.63, 3.8) is 0 Å². The molecule has 0 unspecified atom stereocenters. The molecule has 0 saturated carbocycles. The fraction of sp³-hybridized carbons (Fsp3) is 0.267. The van der Waals surface area contributed by atoms with Crippen molar-refractivity contribution < 1.29 is 28.2 Å². The lowest BCUT2D eigenvalue weighted by atomic mass is 10.2. The average Bonchev–Trinajstić information content (AvgIpc) is 3.24. The van der Waals surface area contributed by atoms with E-state index in [1.165, 1.54) is 21.6 Å². The van der Waals surface area contributed by atoms with Gasteiger partial charge in [-0.2, -0.15) is 0 Å². The van der Waals surface area contributed by atoms with Crippen LogP contribution in [-0.4, -0.2) is 35.8 Å². The molecule has 38 heavy (non-hydrogen) atoms. The maximum atomic E-state index is 14.0. The topological polar surface area (TPSA) is 70.0 Å². The number of halogens is 1. The lowest BCUT2D eigenvalue weighted by molar-refractivity contribution is -0.123. The van der Waals surface area contributed by atoms with Gasteiger partial charge in [0.2, 0.25) is 0 Å². The number of rotatable bonds is 8. The number of anilines is 1. The molecule has 8 heteroatoms. The van der Waals surface area contributed by atoms with Crippen LogP contribution < -0.4 is 9.64 Å². The number of carbonyl (C=O) groups excluding carboxylic acids is 2. The lowest BCUT2D eigenvalue weighted by Gasteiger charge is -2.21. The van der Waals surface area contributed by atoms with Crippen LogP contribution in [0.15, 0.2) is 78.9 Å². The first-order valence-electron chi connectivity index (χ1n) is 12.2. The van der Waals surface area contributed by atoms with Crippen molar-refractivity contribution in [3.8, 4) is 5.75 Å². The number of likely N-dealkylation sites (N-methyl/N-ethyl adjacent to an activating group) is 1. The molecule has 0 spiro atoms. The largest absolute Gasteiger partial charge is 0.487 e. The van der Waals surface area contributed by atoms with Crippen molar-refractivity contribution >= 4 is 28.6 Å². The summed E-state index contributed by atoms with van der Waals surface area (Å²) in [6.07, 6.45) is -0.610. The molecule has 0 N–H and O–H groups in total. The zero-order valence-corrected chi connectivity index (χ0v) is 21.9. The van der Waals surface area contributed by atoms with E-state index >= 15 is 0 Å². The minimum Gasteiger partial charge on any atom is -0.487 e. The van der Waals surface area contributed by atoms with Gasteiger partial charge in [-0.1, -0.05) is 30.3 Å². The Morgan fingerprint density at radius 2 is 1.63 bits per heavy atom. The van der Waals surface area contributed by atoms with E-state index in [0.29, 0.717) is 34.6 Å². The molecule has 0 saturated heterocycles. The molecule has 0 atom stereocenters. The lowest BCUT2D eigenvalue weighted by Crippen LogP contribution is -2.30. The fourth-order valence-corrected chi connectivity index (χ4v) is 3.86. The smallest absolute Gasteiger partial charge is 0.419 e. The molecule has 3 aromatic carbocycles. The van der Waals surface area contributed by atoms with Gasteiger partial charge in [-0.3, -0.25) is 4.79 Å². The second-order valence-electron chi connectivity index (χ2n) is 9.87. The molecular weight excluding hydrogens is 487 g/mol. The molecule has 0 aliphatic carbocycles. The van der Waals surface area contributed by atoms with Crippen molar-refractivity contribution in [2.75, 3.05) is 18.6 Å². The van der Waals surface area contributed by atoms with Gasteiger partial charge in [-0.15, -0.1) is 0 Å². The molecule has 0 bridgehead atoms. The predicted octanol–water partition coefficient (Wildman–Crippen LogP) is 6.32. The first-order chi connectivity index (χ1) is 18.1. The summed E-state index contributed by atoms with van der Waals surface area (Å²) in [5, 5.41) is 0.695. The molecule has 0 aliphatic rings. The summed E-state index contributed by atoms with van der Waals surface area (Å²) in [7, 11) is 1.68. The highest BCUT2D eigenvalue weighted by Crippen LogP contribution is 2.25. The minimum absolute atomic E-state index is 0.0422. The number of carbonyl (C=O) groups is 2. The molecular formula is C30H31FN2O5. The van der Waals surface area contributed by atoms with Crippen LogP contribution in [0.1, 0.15) is 32.0 Å². The maximum absolute atomic E-state index is 14.0. The van der Waals surface area contributed by atoms with Crippen LogP contribution >= 0.6 is 0 Å². The zero-order chi connectivity index (χ0) is 27.3. The van der Waals surface area contributed by atoms with Crippen molar-refractivity contribution in [2.24, 2.45) is 0 Å². The van der Waals surface area contributed by atoms with Crippen molar-refractivity contribution in [1.29, 1.82) is 0 Å². The third-order valence-electron chi connectivity index (χ3n) is 5.74. The zero-order valence-electron chi connectivity index (χ0n) is 21.9. The van der Waals surface area contributed by atoms with Gasteiger partial charge in [-0.25, -0.2) is 13.8 Å². The van der Waals surface area contributed by atoms with E-state index in [2.05, 4.69) is 0 Å². The molecule has 4 aromatic rings. The summed E-state index contributed by atoms with van der Waals surface area (Å²) in [6, 6.07) is 22.7. The minimum atomic E-state index is -0.717. The highest BCUT2D eigenvalue weighted by atomic mass is 19.1. The summed E-state index contributed by atoms with van der Waals surface area (Å²) < 4.78 is 32.3. The molecule has 198 valence electrons. The van der Waals surface area contributed by atoms with Crippen molar-refractivity contribution in [1.82, 2.24) is 4.57 Å². The second kappa shape index (κ2) is 11.5. The number of fused-ring (bicyclic) bond motifs is 1. The number of nitrogens with zero attached hydrogens (tertiary/aromatic N) is 2. The number of ether oxygens (including phenoxy) is 3. The van der Waals surface area contributed by atoms with Gasteiger partial charge >= 0.3 is 6.09 Å². The molecule has 1 amide bonds. The fourth-order valence-electron chi connectivity index (χ4n) is 3.86. The van der Waals surface area contributed by atoms with E-state index in [-0.39, 0.29) is 19.1 Å². The monoisotopic (exact) mass is 518 g/mol. The summed E-state index contributed by atoms with van der Waals surface area (Å²) in [6.45, 7) is 5.68. The van der Waals surface area contributed by atoms with E-state index in [0.717, 1.165) is 5.56 Å². The SMILES string of the molecule is CN(C(=O)COCc1ccccc1)c1ccc(OCc2cc3ccc(F)cc3n2C(=O)OC(C)(C)C)cc1. The van der Waals surface area contributed by atoms with Crippen LogP contribution in [0.3, 0.4) is 0 Å². The number of amides is 1. The molecule has 0 fully saturated rings. The summed E-state index contributed by atoms with van der Waals surface area (Å²) in [5.74, 6) is -0.0848. The molecule has 1 heterocycles. The van der Waals surface area contributed by atoms with Crippen molar-refractivity contribution in [3.05, 3.63) is 95.9 Å². The summed E-state index contributed by atoms with van der Waals surface area (Å²) >= 11 is 0. The average molecular weight is 519 g/mol. The third kappa shape index (κ3) is 6.77. The number of hydrogen-bond acceptors (Lipinski definition) is 5. The number of aromatic nitrogens is 1. The molecule has 1 aromatic heterocycles. The normalized spacial score (nSPS) is 11.4. The Balaban J connectivity index is 1.40. The van der Waals surface area contributed by atoms with Crippen LogP contribution in [0.5, 0.6) is 5.75 Å².